The molecule has 1 aliphatic rings. The maximum atomic E-state index is 12.3. The molecule has 2 heterocycles. The monoisotopic (exact) mass is 340 g/mol. The molecule has 3 aromatic rings. The standard InChI is InChI=1S/C17H20N6O2/c1-23-14-8-7-12(9-13(14)20-22-23)17(24)18-10-15-19-16(21-25-15)11-5-3-2-4-6-11/h7-9,11H,2-6,10H2,1H3,(H,18,24). The summed E-state index contributed by atoms with van der Waals surface area (Å²) >= 11 is 0. The molecule has 2 aromatic heterocycles. The first kappa shape index (κ1) is 15.7. The van der Waals surface area contributed by atoms with E-state index in [2.05, 4.69) is 25.8 Å². The molecule has 1 aromatic carbocycles. The predicted octanol–water partition coefficient (Wildman–Crippen LogP) is 2.33. The van der Waals surface area contributed by atoms with E-state index in [0.29, 0.717) is 22.9 Å². The first-order valence-electron chi connectivity index (χ1n) is 8.61. The Morgan fingerprint density at radius 2 is 2.16 bits per heavy atom. The molecule has 1 aliphatic carbocycles. The summed E-state index contributed by atoms with van der Waals surface area (Å²) in [6.45, 7) is 0.219. The van der Waals surface area contributed by atoms with Gasteiger partial charge in [0.05, 0.1) is 12.1 Å². The van der Waals surface area contributed by atoms with Crippen LogP contribution < -0.4 is 5.32 Å². The van der Waals surface area contributed by atoms with Gasteiger partial charge in [0.15, 0.2) is 5.82 Å². The lowest BCUT2D eigenvalue weighted by molar-refractivity contribution is 0.0946. The highest BCUT2D eigenvalue weighted by Gasteiger charge is 2.21. The number of nitrogens with zero attached hydrogens (tertiary/aromatic N) is 5. The Hall–Kier alpha value is -2.77. The van der Waals surface area contributed by atoms with Crippen LogP contribution in [0.1, 0.15) is 60.1 Å². The lowest BCUT2D eigenvalue weighted by atomic mass is 9.89. The maximum absolute atomic E-state index is 12.3. The van der Waals surface area contributed by atoms with Crippen molar-refractivity contribution in [3.63, 3.8) is 0 Å². The summed E-state index contributed by atoms with van der Waals surface area (Å²) in [4.78, 5) is 16.8. The summed E-state index contributed by atoms with van der Waals surface area (Å²) < 4.78 is 6.95. The zero-order valence-electron chi connectivity index (χ0n) is 14.1. The molecule has 1 fully saturated rings. The smallest absolute Gasteiger partial charge is 0.251 e. The van der Waals surface area contributed by atoms with Crippen LogP contribution >= 0.6 is 0 Å². The third-order valence-electron chi connectivity index (χ3n) is 4.73. The van der Waals surface area contributed by atoms with Gasteiger partial charge in [0, 0.05) is 18.5 Å². The Balaban J connectivity index is 1.40. The highest BCUT2D eigenvalue weighted by atomic mass is 16.5. The molecule has 0 atom stereocenters. The largest absolute Gasteiger partial charge is 0.343 e. The van der Waals surface area contributed by atoms with E-state index in [9.17, 15) is 4.79 Å². The van der Waals surface area contributed by atoms with Crippen molar-refractivity contribution in [1.29, 1.82) is 0 Å². The molecule has 1 saturated carbocycles. The van der Waals surface area contributed by atoms with Crippen LogP contribution in [-0.2, 0) is 13.6 Å². The van der Waals surface area contributed by atoms with E-state index in [1.54, 1.807) is 16.8 Å². The van der Waals surface area contributed by atoms with Crippen molar-refractivity contribution in [3.8, 4) is 0 Å². The van der Waals surface area contributed by atoms with E-state index >= 15 is 0 Å². The Bertz CT molecular complexity index is 894. The van der Waals surface area contributed by atoms with Gasteiger partial charge in [0.2, 0.25) is 5.89 Å². The molecule has 0 saturated heterocycles. The minimum atomic E-state index is -0.204. The summed E-state index contributed by atoms with van der Waals surface area (Å²) in [5.74, 6) is 1.39. The Morgan fingerprint density at radius 3 is 3.00 bits per heavy atom. The highest BCUT2D eigenvalue weighted by molar-refractivity contribution is 5.97. The molecular weight excluding hydrogens is 320 g/mol. The second-order valence-corrected chi connectivity index (χ2v) is 6.48. The molecule has 4 rings (SSSR count). The molecule has 0 aliphatic heterocycles. The number of carbonyl (C=O) groups excluding carboxylic acids is 1. The summed E-state index contributed by atoms with van der Waals surface area (Å²) in [5.41, 5.74) is 2.10. The van der Waals surface area contributed by atoms with Gasteiger partial charge in [0.25, 0.3) is 5.91 Å². The van der Waals surface area contributed by atoms with Crippen LogP contribution in [0.2, 0.25) is 0 Å². The fraction of sp³-hybridized carbons (Fsp3) is 0.471. The van der Waals surface area contributed by atoms with E-state index in [1.165, 1.54) is 19.3 Å². The van der Waals surface area contributed by atoms with Gasteiger partial charge in [-0.15, -0.1) is 5.10 Å². The quantitative estimate of drug-likeness (QED) is 0.782. The van der Waals surface area contributed by atoms with Gasteiger partial charge >= 0.3 is 0 Å². The average Bonchev–Trinajstić information content (AvgIpc) is 3.27. The van der Waals surface area contributed by atoms with Gasteiger partial charge < -0.3 is 9.84 Å². The van der Waals surface area contributed by atoms with Gasteiger partial charge in [-0.3, -0.25) is 4.79 Å². The van der Waals surface area contributed by atoms with Gasteiger partial charge in [-0.1, -0.05) is 29.6 Å². The zero-order chi connectivity index (χ0) is 17.2. The van der Waals surface area contributed by atoms with Gasteiger partial charge in [0.1, 0.15) is 5.52 Å². The first-order chi connectivity index (χ1) is 12.2. The molecule has 25 heavy (non-hydrogen) atoms. The number of amides is 1. The number of rotatable bonds is 4. The second kappa shape index (κ2) is 6.62. The lowest BCUT2D eigenvalue weighted by Crippen LogP contribution is -2.23. The summed E-state index contributed by atoms with van der Waals surface area (Å²) in [6, 6.07) is 5.30. The Labute approximate surface area is 144 Å². The van der Waals surface area contributed by atoms with Crippen molar-refractivity contribution in [3.05, 3.63) is 35.5 Å². The SMILES string of the molecule is Cn1nnc2cc(C(=O)NCc3nc(C4CCCCC4)no3)ccc21. The van der Waals surface area contributed by atoms with Crippen molar-refractivity contribution in [2.24, 2.45) is 7.05 Å². The second-order valence-electron chi connectivity index (χ2n) is 6.48. The highest BCUT2D eigenvalue weighted by Crippen LogP contribution is 2.30. The van der Waals surface area contributed by atoms with Crippen LogP contribution in [-0.4, -0.2) is 31.0 Å². The minimum Gasteiger partial charge on any atom is -0.343 e. The van der Waals surface area contributed by atoms with Gasteiger partial charge in [-0.25, -0.2) is 4.68 Å². The lowest BCUT2D eigenvalue weighted by Gasteiger charge is -2.17. The summed E-state index contributed by atoms with van der Waals surface area (Å²) in [5, 5.41) is 14.9. The molecule has 130 valence electrons. The molecule has 8 heteroatoms. The molecule has 0 bridgehead atoms. The van der Waals surface area contributed by atoms with Crippen molar-refractivity contribution < 1.29 is 9.32 Å². The first-order valence-corrected chi connectivity index (χ1v) is 8.61. The third-order valence-corrected chi connectivity index (χ3v) is 4.73. The predicted molar refractivity (Wildman–Crippen MR) is 89.8 cm³/mol. The van der Waals surface area contributed by atoms with Crippen molar-refractivity contribution in [2.45, 2.75) is 44.6 Å². The molecule has 1 N–H and O–H groups in total. The Morgan fingerprint density at radius 1 is 1.32 bits per heavy atom. The van der Waals surface area contributed by atoms with Crippen LogP contribution in [0, 0.1) is 0 Å². The molecular formula is C17H20N6O2. The van der Waals surface area contributed by atoms with Gasteiger partial charge in [-0.05, 0) is 31.0 Å². The molecule has 1 amide bonds. The van der Waals surface area contributed by atoms with Crippen molar-refractivity contribution in [1.82, 2.24) is 30.5 Å². The van der Waals surface area contributed by atoms with Gasteiger partial charge in [-0.2, -0.15) is 4.98 Å². The van der Waals surface area contributed by atoms with E-state index in [0.717, 1.165) is 24.2 Å². The molecule has 0 unspecified atom stereocenters. The fourth-order valence-electron chi connectivity index (χ4n) is 3.31. The summed E-state index contributed by atoms with van der Waals surface area (Å²) in [6.07, 6.45) is 5.95. The number of hydrogen-bond acceptors (Lipinski definition) is 6. The number of carbonyl (C=O) groups is 1. The molecule has 0 spiro atoms. The van der Waals surface area contributed by atoms with Crippen LogP contribution in [0.15, 0.2) is 22.7 Å². The maximum Gasteiger partial charge on any atom is 0.251 e. The summed E-state index contributed by atoms with van der Waals surface area (Å²) in [7, 11) is 1.81. The van der Waals surface area contributed by atoms with Crippen molar-refractivity contribution in [2.75, 3.05) is 0 Å². The fourth-order valence-corrected chi connectivity index (χ4v) is 3.31. The number of aromatic nitrogens is 5. The zero-order valence-corrected chi connectivity index (χ0v) is 14.1. The van der Waals surface area contributed by atoms with E-state index in [4.69, 9.17) is 4.52 Å². The number of benzene rings is 1. The molecule has 0 radical (unpaired) electrons. The van der Waals surface area contributed by atoms with Crippen LogP contribution in [0.5, 0.6) is 0 Å². The van der Waals surface area contributed by atoms with E-state index in [1.807, 2.05) is 13.1 Å². The number of nitrogens with one attached hydrogen (secondary N) is 1. The third kappa shape index (κ3) is 3.24. The normalized spacial score (nSPS) is 15.6. The van der Waals surface area contributed by atoms with Crippen molar-refractivity contribution >= 4 is 16.9 Å². The average molecular weight is 340 g/mol. The van der Waals surface area contributed by atoms with E-state index < -0.39 is 0 Å². The Kier molecular flexibility index (Phi) is 4.17. The van der Waals surface area contributed by atoms with Crippen LogP contribution in [0.25, 0.3) is 11.0 Å². The van der Waals surface area contributed by atoms with E-state index in [-0.39, 0.29) is 12.5 Å². The number of aryl methyl sites for hydroxylation is 1. The topological polar surface area (TPSA) is 98.7 Å². The number of fused-ring (bicyclic) bond motifs is 1. The van der Waals surface area contributed by atoms with Crippen LogP contribution in [0.4, 0.5) is 0 Å². The number of hydrogen-bond donors (Lipinski definition) is 1. The van der Waals surface area contributed by atoms with Crippen LogP contribution in [0.3, 0.4) is 0 Å². The minimum absolute atomic E-state index is 0.204. The molecule has 8 nitrogen and oxygen atoms in total.